The van der Waals surface area contributed by atoms with Gasteiger partial charge in [-0.3, -0.25) is 9.69 Å². The van der Waals surface area contributed by atoms with Crippen molar-refractivity contribution in [3.05, 3.63) is 30.3 Å². The molecular formula is C14H20N2O2. The predicted molar refractivity (Wildman–Crippen MR) is 71.3 cm³/mol. The Bertz CT molecular complexity index is 394. The molecule has 0 saturated carbocycles. The minimum absolute atomic E-state index is 0.0125. The first-order valence-electron chi connectivity index (χ1n) is 6.45. The average Bonchev–Trinajstić information content (AvgIpc) is 2.87. The van der Waals surface area contributed by atoms with Gasteiger partial charge in [0.15, 0.2) is 0 Å². The molecule has 0 spiro atoms. The van der Waals surface area contributed by atoms with E-state index < -0.39 is 0 Å². The SMILES string of the molecule is CC(C(=O)Nc1ccccc1)N1CCCC1CO. The van der Waals surface area contributed by atoms with Crippen LogP contribution < -0.4 is 5.32 Å². The fraction of sp³-hybridized carbons (Fsp3) is 0.500. The Balaban J connectivity index is 1.96. The second-order valence-corrected chi connectivity index (χ2v) is 4.75. The van der Waals surface area contributed by atoms with Crippen LogP contribution in [0.1, 0.15) is 19.8 Å². The van der Waals surface area contributed by atoms with Crippen LogP contribution in [0.25, 0.3) is 0 Å². The lowest BCUT2D eigenvalue weighted by molar-refractivity contribution is -0.121. The number of amides is 1. The molecule has 1 saturated heterocycles. The highest BCUT2D eigenvalue weighted by atomic mass is 16.3. The van der Waals surface area contributed by atoms with Gasteiger partial charge in [-0.15, -0.1) is 0 Å². The summed E-state index contributed by atoms with van der Waals surface area (Å²) in [4.78, 5) is 14.2. The average molecular weight is 248 g/mol. The number of hydrogen-bond acceptors (Lipinski definition) is 3. The Morgan fingerprint density at radius 1 is 1.50 bits per heavy atom. The normalized spacial score (nSPS) is 21.8. The summed E-state index contributed by atoms with van der Waals surface area (Å²) in [6.45, 7) is 2.91. The van der Waals surface area contributed by atoms with Gasteiger partial charge in [0.25, 0.3) is 0 Å². The number of likely N-dealkylation sites (tertiary alicyclic amines) is 1. The maximum Gasteiger partial charge on any atom is 0.241 e. The number of rotatable bonds is 4. The van der Waals surface area contributed by atoms with Gasteiger partial charge in [0.1, 0.15) is 0 Å². The molecule has 98 valence electrons. The van der Waals surface area contributed by atoms with Crippen molar-refractivity contribution in [2.24, 2.45) is 0 Å². The third kappa shape index (κ3) is 2.89. The summed E-state index contributed by atoms with van der Waals surface area (Å²) >= 11 is 0. The van der Waals surface area contributed by atoms with Gasteiger partial charge in [-0.1, -0.05) is 18.2 Å². The largest absolute Gasteiger partial charge is 0.395 e. The van der Waals surface area contributed by atoms with E-state index in [2.05, 4.69) is 10.2 Å². The van der Waals surface area contributed by atoms with Crippen LogP contribution in [-0.2, 0) is 4.79 Å². The minimum atomic E-state index is -0.204. The van der Waals surface area contributed by atoms with Crippen LogP contribution in [0, 0.1) is 0 Å². The van der Waals surface area contributed by atoms with Gasteiger partial charge in [-0.25, -0.2) is 0 Å². The summed E-state index contributed by atoms with van der Waals surface area (Å²) in [6, 6.07) is 9.38. The number of carbonyl (C=O) groups is 1. The smallest absolute Gasteiger partial charge is 0.241 e. The Labute approximate surface area is 108 Å². The number of hydrogen-bond donors (Lipinski definition) is 2. The molecule has 0 radical (unpaired) electrons. The number of anilines is 1. The predicted octanol–water partition coefficient (Wildman–Crippen LogP) is 1.47. The standard InChI is InChI=1S/C14H20N2O2/c1-11(16-9-5-8-13(16)10-17)14(18)15-12-6-3-2-4-7-12/h2-4,6-7,11,13,17H,5,8-10H2,1H3,(H,15,18). The first kappa shape index (κ1) is 13.1. The number of aliphatic hydroxyl groups is 1. The molecule has 1 fully saturated rings. The monoisotopic (exact) mass is 248 g/mol. The van der Waals surface area contributed by atoms with E-state index >= 15 is 0 Å². The maximum atomic E-state index is 12.1. The third-order valence-corrected chi connectivity index (χ3v) is 3.55. The summed E-state index contributed by atoms with van der Waals surface area (Å²) in [7, 11) is 0. The van der Waals surface area contributed by atoms with Gasteiger partial charge < -0.3 is 10.4 Å². The molecule has 0 aromatic heterocycles. The van der Waals surface area contributed by atoms with Crippen molar-refractivity contribution in [3.63, 3.8) is 0 Å². The van der Waals surface area contributed by atoms with Crippen molar-refractivity contribution in [3.8, 4) is 0 Å². The van der Waals surface area contributed by atoms with Gasteiger partial charge >= 0.3 is 0 Å². The second kappa shape index (κ2) is 5.98. The van der Waals surface area contributed by atoms with Gasteiger partial charge in [0.05, 0.1) is 12.6 Å². The minimum Gasteiger partial charge on any atom is -0.395 e. The molecule has 2 unspecified atom stereocenters. The van der Waals surface area contributed by atoms with Gasteiger partial charge in [0.2, 0.25) is 5.91 Å². The Hall–Kier alpha value is -1.39. The van der Waals surface area contributed by atoms with Gasteiger partial charge in [-0.05, 0) is 38.4 Å². The van der Waals surface area contributed by atoms with Crippen molar-refractivity contribution >= 4 is 11.6 Å². The van der Waals surface area contributed by atoms with Crippen molar-refractivity contribution in [1.29, 1.82) is 0 Å². The molecule has 18 heavy (non-hydrogen) atoms. The van der Waals surface area contributed by atoms with Crippen molar-refractivity contribution in [2.45, 2.75) is 31.8 Å². The molecule has 2 atom stereocenters. The van der Waals surface area contributed by atoms with Crippen molar-refractivity contribution < 1.29 is 9.90 Å². The van der Waals surface area contributed by atoms with Crippen LogP contribution in [-0.4, -0.2) is 41.1 Å². The van der Waals surface area contributed by atoms with E-state index in [9.17, 15) is 9.90 Å². The van der Waals surface area contributed by atoms with Crippen molar-refractivity contribution in [2.75, 3.05) is 18.5 Å². The van der Waals surface area contributed by atoms with Crippen LogP contribution in [0.15, 0.2) is 30.3 Å². The molecule has 1 aromatic rings. The first-order valence-corrected chi connectivity index (χ1v) is 6.45. The summed E-state index contributed by atoms with van der Waals surface area (Å²) < 4.78 is 0. The van der Waals surface area contributed by atoms with Crippen LogP contribution in [0.5, 0.6) is 0 Å². The Morgan fingerprint density at radius 2 is 2.22 bits per heavy atom. The lowest BCUT2D eigenvalue weighted by atomic mass is 10.2. The molecule has 0 aliphatic carbocycles. The molecular weight excluding hydrogens is 228 g/mol. The number of nitrogens with zero attached hydrogens (tertiary/aromatic N) is 1. The van der Waals surface area contributed by atoms with Crippen LogP contribution in [0.4, 0.5) is 5.69 Å². The zero-order chi connectivity index (χ0) is 13.0. The fourth-order valence-electron chi connectivity index (χ4n) is 2.48. The van der Waals surface area contributed by atoms with Gasteiger partial charge in [-0.2, -0.15) is 0 Å². The molecule has 4 heteroatoms. The number of para-hydroxylation sites is 1. The zero-order valence-corrected chi connectivity index (χ0v) is 10.7. The topological polar surface area (TPSA) is 52.6 Å². The van der Waals surface area contributed by atoms with Crippen LogP contribution in [0.3, 0.4) is 0 Å². The van der Waals surface area contributed by atoms with E-state index in [1.165, 1.54) is 0 Å². The molecule has 4 nitrogen and oxygen atoms in total. The van der Waals surface area contributed by atoms with E-state index in [0.29, 0.717) is 0 Å². The summed E-state index contributed by atoms with van der Waals surface area (Å²) in [5, 5.41) is 12.2. The molecule has 0 bridgehead atoms. The highest BCUT2D eigenvalue weighted by Crippen LogP contribution is 2.20. The Kier molecular flexibility index (Phi) is 4.33. The number of carbonyl (C=O) groups excluding carboxylic acids is 1. The fourth-order valence-corrected chi connectivity index (χ4v) is 2.48. The first-order chi connectivity index (χ1) is 8.72. The lowest BCUT2D eigenvalue weighted by Gasteiger charge is -2.28. The van der Waals surface area contributed by atoms with Crippen molar-refractivity contribution in [1.82, 2.24) is 4.90 Å². The molecule has 1 aliphatic heterocycles. The van der Waals surface area contributed by atoms with E-state index in [-0.39, 0.29) is 24.6 Å². The highest BCUT2D eigenvalue weighted by Gasteiger charge is 2.31. The van der Waals surface area contributed by atoms with E-state index in [4.69, 9.17) is 0 Å². The quantitative estimate of drug-likeness (QED) is 0.848. The van der Waals surface area contributed by atoms with E-state index in [1.54, 1.807) is 0 Å². The molecule has 1 aromatic carbocycles. The summed E-state index contributed by atoms with van der Waals surface area (Å²) in [5.74, 6) is -0.0125. The zero-order valence-electron chi connectivity index (χ0n) is 10.7. The summed E-state index contributed by atoms with van der Waals surface area (Å²) in [5.41, 5.74) is 0.814. The maximum absolute atomic E-state index is 12.1. The number of benzene rings is 1. The highest BCUT2D eigenvalue weighted by molar-refractivity contribution is 5.94. The molecule has 2 N–H and O–H groups in total. The van der Waals surface area contributed by atoms with E-state index in [0.717, 1.165) is 25.1 Å². The number of nitrogens with one attached hydrogen (secondary N) is 1. The molecule has 1 aliphatic rings. The van der Waals surface area contributed by atoms with Crippen LogP contribution >= 0.6 is 0 Å². The van der Waals surface area contributed by atoms with Crippen LogP contribution in [0.2, 0.25) is 0 Å². The van der Waals surface area contributed by atoms with E-state index in [1.807, 2.05) is 37.3 Å². The molecule has 2 rings (SSSR count). The summed E-state index contributed by atoms with van der Waals surface area (Å²) in [6.07, 6.45) is 2.02. The third-order valence-electron chi connectivity index (χ3n) is 3.55. The Morgan fingerprint density at radius 3 is 2.89 bits per heavy atom. The molecule has 1 heterocycles. The second-order valence-electron chi connectivity index (χ2n) is 4.75. The molecule has 1 amide bonds. The van der Waals surface area contributed by atoms with Gasteiger partial charge in [0, 0.05) is 11.7 Å². The number of aliphatic hydroxyl groups excluding tert-OH is 1. The lowest BCUT2D eigenvalue weighted by Crippen LogP contribution is -2.45.